The van der Waals surface area contributed by atoms with E-state index in [0.29, 0.717) is 17.2 Å². The quantitative estimate of drug-likeness (QED) is 0.470. The molecule has 3 rings (SSSR count). The third-order valence-electron chi connectivity index (χ3n) is 3.81. The van der Waals surface area contributed by atoms with Crippen LogP contribution in [0.3, 0.4) is 0 Å². The zero-order valence-corrected chi connectivity index (χ0v) is 15.2. The molecule has 0 saturated heterocycles. The van der Waals surface area contributed by atoms with Crippen LogP contribution in [-0.2, 0) is 17.7 Å². The van der Waals surface area contributed by atoms with Gasteiger partial charge in [-0.1, -0.05) is 36.4 Å². The summed E-state index contributed by atoms with van der Waals surface area (Å²) >= 11 is -2.64. The van der Waals surface area contributed by atoms with E-state index < -0.39 is 22.9 Å². The fourth-order valence-electron chi connectivity index (χ4n) is 2.52. The lowest BCUT2D eigenvalue weighted by molar-refractivity contribution is 0.0993. The van der Waals surface area contributed by atoms with Crippen LogP contribution >= 0.6 is 0 Å². The highest BCUT2D eigenvalue weighted by atomic mass is 32.2. The zero-order valence-electron chi connectivity index (χ0n) is 14.4. The monoisotopic (exact) mass is 402 g/mol. The smallest absolute Gasteiger partial charge is 0.168 e. The molecule has 0 bridgehead atoms. The lowest BCUT2D eigenvalue weighted by Gasteiger charge is -2.16. The van der Waals surface area contributed by atoms with Gasteiger partial charge in [-0.2, -0.15) is 0 Å². The number of ether oxygens (including phenoxy) is 1. The molecule has 0 fully saturated rings. The Kier molecular flexibility index (Phi) is 6.13. The normalized spacial score (nSPS) is 11.7. The van der Waals surface area contributed by atoms with Crippen molar-refractivity contribution >= 4 is 22.7 Å². The molecule has 3 aromatic carbocycles. The molecular formula is C20H14F2NO4S-. The summed E-state index contributed by atoms with van der Waals surface area (Å²) < 4.78 is 56.5. The fourth-order valence-corrected chi connectivity index (χ4v) is 2.87. The molecule has 144 valence electrons. The first kappa shape index (κ1) is 19.7. The van der Waals surface area contributed by atoms with Gasteiger partial charge in [0, 0.05) is 29.3 Å². The largest absolute Gasteiger partial charge is 0.755 e. The average molecular weight is 402 g/mol. The number of benzene rings is 3. The summed E-state index contributed by atoms with van der Waals surface area (Å²) in [6.07, 6.45) is 0.0347. The minimum Gasteiger partial charge on any atom is -0.755 e. The molecule has 3 aromatic rings. The van der Waals surface area contributed by atoms with E-state index in [-0.39, 0.29) is 29.4 Å². The van der Waals surface area contributed by atoms with Crippen LogP contribution in [0.4, 0.5) is 14.5 Å². The van der Waals surface area contributed by atoms with Crippen molar-refractivity contribution in [3.05, 3.63) is 89.5 Å². The van der Waals surface area contributed by atoms with Crippen molar-refractivity contribution in [1.82, 2.24) is 0 Å². The maximum Gasteiger partial charge on any atom is 0.168 e. The summed E-state index contributed by atoms with van der Waals surface area (Å²) in [5.41, 5.74) is 1.11. The van der Waals surface area contributed by atoms with Crippen LogP contribution in [0.2, 0.25) is 0 Å². The van der Waals surface area contributed by atoms with Crippen molar-refractivity contribution in [3.63, 3.8) is 0 Å². The lowest BCUT2D eigenvalue weighted by atomic mass is 10.0. The van der Waals surface area contributed by atoms with Gasteiger partial charge in [0.15, 0.2) is 23.1 Å². The van der Waals surface area contributed by atoms with Crippen molar-refractivity contribution in [2.75, 3.05) is 4.72 Å². The Labute approximate surface area is 162 Å². The van der Waals surface area contributed by atoms with Crippen LogP contribution in [0.5, 0.6) is 11.5 Å². The predicted octanol–water partition coefficient (Wildman–Crippen LogP) is 4.39. The number of carbonyl (C=O) groups is 1. The fraction of sp³-hybridized carbons (Fsp3) is 0.0500. The summed E-state index contributed by atoms with van der Waals surface area (Å²) in [5.74, 6) is -2.17. The van der Waals surface area contributed by atoms with Crippen LogP contribution < -0.4 is 9.46 Å². The zero-order chi connectivity index (χ0) is 20.1. The second kappa shape index (κ2) is 8.73. The maximum atomic E-state index is 13.9. The van der Waals surface area contributed by atoms with Crippen molar-refractivity contribution in [2.45, 2.75) is 6.42 Å². The number of Topliss-reactive ketones (excluding diaryl/α,β-unsaturated/α-hetero) is 1. The minimum absolute atomic E-state index is 0.0203. The van der Waals surface area contributed by atoms with E-state index >= 15 is 0 Å². The van der Waals surface area contributed by atoms with Gasteiger partial charge in [0.25, 0.3) is 0 Å². The molecule has 0 aliphatic heterocycles. The molecule has 0 aliphatic rings. The highest BCUT2D eigenvalue weighted by Crippen LogP contribution is 2.33. The number of halogens is 2. The second-order valence-electron chi connectivity index (χ2n) is 5.81. The first-order valence-corrected chi connectivity index (χ1v) is 9.20. The van der Waals surface area contributed by atoms with E-state index in [0.717, 1.165) is 12.1 Å². The van der Waals surface area contributed by atoms with Gasteiger partial charge in [0.2, 0.25) is 0 Å². The summed E-state index contributed by atoms with van der Waals surface area (Å²) in [5, 5.41) is 0. The summed E-state index contributed by atoms with van der Waals surface area (Å²) in [6, 6.07) is 15.8. The van der Waals surface area contributed by atoms with Crippen LogP contribution in [0.15, 0.2) is 66.7 Å². The van der Waals surface area contributed by atoms with Crippen LogP contribution in [0, 0.1) is 11.6 Å². The Morgan fingerprint density at radius 2 is 1.75 bits per heavy atom. The molecule has 0 radical (unpaired) electrons. The molecule has 28 heavy (non-hydrogen) atoms. The van der Waals surface area contributed by atoms with Crippen molar-refractivity contribution in [2.24, 2.45) is 0 Å². The number of carbonyl (C=O) groups excluding carboxylic acids is 1. The number of hydrogen-bond acceptors (Lipinski definition) is 4. The third-order valence-corrected chi connectivity index (χ3v) is 4.20. The molecule has 1 N–H and O–H groups in total. The molecule has 0 aliphatic carbocycles. The number of rotatable bonds is 7. The van der Waals surface area contributed by atoms with E-state index in [1.165, 1.54) is 12.1 Å². The van der Waals surface area contributed by atoms with Crippen molar-refractivity contribution in [1.29, 1.82) is 0 Å². The summed E-state index contributed by atoms with van der Waals surface area (Å²) in [6.45, 7) is 0. The van der Waals surface area contributed by atoms with Crippen LogP contribution in [0.1, 0.15) is 15.9 Å². The van der Waals surface area contributed by atoms with Gasteiger partial charge in [0.05, 0.1) is 5.69 Å². The van der Waals surface area contributed by atoms with E-state index in [1.54, 1.807) is 36.4 Å². The molecule has 0 amide bonds. The highest BCUT2D eigenvalue weighted by Gasteiger charge is 2.13. The molecule has 1 atom stereocenters. The first-order chi connectivity index (χ1) is 13.4. The molecule has 0 heterocycles. The standard InChI is InChI=1S/C20H15F2NO4S/c21-15-7-9-19(16(22)12-15)27-20-11-13(6-8-17(20)23-28(25)26)10-18(24)14-4-2-1-3-5-14/h1-9,11-12,23H,10H2,(H,25,26)/p-1. The second-order valence-corrected chi connectivity index (χ2v) is 6.48. The van der Waals surface area contributed by atoms with Gasteiger partial charge in [-0.3, -0.25) is 9.00 Å². The van der Waals surface area contributed by atoms with Crippen molar-refractivity contribution < 1.29 is 27.1 Å². The first-order valence-electron chi connectivity index (χ1n) is 8.12. The Morgan fingerprint density at radius 3 is 2.43 bits per heavy atom. The Balaban J connectivity index is 1.90. The molecule has 1 unspecified atom stereocenters. The number of ketones is 1. The average Bonchev–Trinajstić information content (AvgIpc) is 2.66. The summed E-state index contributed by atoms with van der Waals surface area (Å²) in [4.78, 5) is 12.4. The number of anilines is 1. The minimum atomic E-state index is -2.64. The number of nitrogens with one attached hydrogen (secondary N) is 1. The molecule has 5 nitrogen and oxygen atoms in total. The van der Waals surface area contributed by atoms with Crippen LogP contribution in [0.25, 0.3) is 0 Å². The molecular weight excluding hydrogens is 388 g/mol. The molecule has 0 aromatic heterocycles. The Morgan fingerprint density at radius 1 is 1.00 bits per heavy atom. The molecule has 8 heteroatoms. The van der Waals surface area contributed by atoms with Gasteiger partial charge < -0.3 is 14.0 Å². The Bertz CT molecular complexity index is 1030. The third kappa shape index (κ3) is 4.99. The SMILES string of the molecule is O=C(Cc1ccc(NS(=O)[O-])c(Oc2ccc(F)cc2F)c1)c1ccccc1. The van der Waals surface area contributed by atoms with E-state index in [4.69, 9.17) is 4.74 Å². The van der Waals surface area contributed by atoms with Crippen LogP contribution in [-0.4, -0.2) is 14.5 Å². The van der Waals surface area contributed by atoms with Gasteiger partial charge in [-0.15, -0.1) is 0 Å². The van der Waals surface area contributed by atoms with Gasteiger partial charge >= 0.3 is 0 Å². The highest BCUT2D eigenvalue weighted by molar-refractivity contribution is 7.80. The topological polar surface area (TPSA) is 78.5 Å². The van der Waals surface area contributed by atoms with E-state index in [1.807, 2.05) is 0 Å². The van der Waals surface area contributed by atoms with Crippen molar-refractivity contribution in [3.8, 4) is 11.5 Å². The molecule has 0 saturated carbocycles. The van der Waals surface area contributed by atoms with Gasteiger partial charge in [-0.05, 0) is 29.8 Å². The maximum absolute atomic E-state index is 13.9. The lowest BCUT2D eigenvalue weighted by Crippen LogP contribution is -2.06. The van der Waals surface area contributed by atoms with Gasteiger partial charge in [-0.25, -0.2) is 8.78 Å². The Hall–Kier alpha value is -3.10. The van der Waals surface area contributed by atoms with E-state index in [2.05, 4.69) is 4.72 Å². The molecule has 0 spiro atoms. The van der Waals surface area contributed by atoms with Gasteiger partial charge in [0.1, 0.15) is 5.82 Å². The predicted molar refractivity (Wildman–Crippen MR) is 99.9 cm³/mol. The summed E-state index contributed by atoms with van der Waals surface area (Å²) in [7, 11) is 0. The van der Waals surface area contributed by atoms with E-state index in [9.17, 15) is 22.3 Å². The number of hydrogen-bond donors (Lipinski definition) is 1.